The molecule has 2 aromatic carbocycles. The molecule has 0 saturated carbocycles. The van der Waals surface area contributed by atoms with E-state index in [1.165, 1.54) is 5.56 Å². The highest BCUT2D eigenvalue weighted by Crippen LogP contribution is 2.31. The zero-order valence-electron chi connectivity index (χ0n) is 10.8. The normalized spacial score (nSPS) is 12.4. The largest absolute Gasteiger partial charge is 0.306 e. The molecule has 0 aliphatic heterocycles. The average Bonchev–Trinajstić information content (AvgIpc) is 2.43. The van der Waals surface area contributed by atoms with Gasteiger partial charge in [0.1, 0.15) is 0 Å². The van der Waals surface area contributed by atoms with Crippen LogP contribution in [0.4, 0.5) is 0 Å². The lowest BCUT2D eigenvalue weighted by Crippen LogP contribution is -2.18. The highest BCUT2D eigenvalue weighted by molar-refractivity contribution is 9.10. The Morgan fingerprint density at radius 2 is 1.80 bits per heavy atom. The Kier molecular flexibility index (Phi) is 5.76. The van der Waals surface area contributed by atoms with Crippen LogP contribution in [0.1, 0.15) is 24.1 Å². The zero-order chi connectivity index (χ0) is 14.7. The van der Waals surface area contributed by atoms with Crippen molar-refractivity contribution in [2.75, 3.05) is 0 Å². The third-order valence-corrected chi connectivity index (χ3v) is 4.76. The second kappa shape index (κ2) is 7.15. The molecule has 2 rings (SSSR count). The number of nitrogens with one attached hydrogen (secondary N) is 1. The number of hydrogen-bond donors (Lipinski definition) is 1. The van der Waals surface area contributed by atoms with Crippen LogP contribution < -0.4 is 5.32 Å². The quantitative estimate of drug-likeness (QED) is 0.605. The molecule has 5 heteroatoms. The summed E-state index contributed by atoms with van der Waals surface area (Å²) in [7, 11) is 0. The van der Waals surface area contributed by atoms with Crippen LogP contribution in [0.15, 0.2) is 40.9 Å². The summed E-state index contributed by atoms with van der Waals surface area (Å²) in [6, 6.07) is 11.8. The van der Waals surface area contributed by atoms with Crippen molar-refractivity contribution in [2.24, 2.45) is 0 Å². The van der Waals surface area contributed by atoms with Crippen molar-refractivity contribution < 1.29 is 0 Å². The van der Waals surface area contributed by atoms with Crippen LogP contribution in [0.2, 0.25) is 15.1 Å². The van der Waals surface area contributed by atoms with Crippen LogP contribution in [0.3, 0.4) is 0 Å². The van der Waals surface area contributed by atoms with E-state index in [2.05, 4.69) is 40.3 Å². The van der Waals surface area contributed by atoms with Gasteiger partial charge in [0.05, 0.1) is 10.0 Å². The third-order valence-electron chi connectivity index (χ3n) is 3.07. The summed E-state index contributed by atoms with van der Waals surface area (Å²) < 4.78 is 1.06. The number of hydrogen-bond acceptors (Lipinski definition) is 1. The molecule has 0 aliphatic carbocycles. The molecule has 0 unspecified atom stereocenters. The maximum absolute atomic E-state index is 6.19. The Hall–Kier alpha value is -0.250. The number of halogens is 4. The molecular weight excluding hydrogens is 380 g/mol. The van der Waals surface area contributed by atoms with Crippen LogP contribution in [0.25, 0.3) is 0 Å². The van der Waals surface area contributed by atoms with Crippen molar-refractivity contribution in [3.63, 3.8) is 0 Å². The van der Waals surface area contributed by atoms with Gasteiger partial charge in [-0.1, -0.05) is 62.9 Å². The van der Waals surface area contributed by atoms with E-state index in [0.29, 0.717) is 21.6 Å². The first-order chi connectivity index (χ1) is 9.49. The molecule has 20 heavy (non-hydrogen) atoms. The lowest BCUT2D eigenvalue weighted by Gasteiger charge is -2.16. The fraction of sp³-hybridized carbons (Fsp3) is 0.200. The van der Waals surface area contributed by atoms with E-state index in [0.717, 1.165) is 10.0 Å². The number of benzene rings is 2. The molecule has 0 aromatic heterocycles. The third kappa shape index (κ3) is 3.90. The predicted molar refractivity (Wildman–Crippen MR) is 90.9 cm³/mol. The maximum Gasteiger partial charge on any atom is 0.0652 e. The summed E-state index contributed by atoms with van der Waals surface area (Å²) in [5.41, 5.74) is 2.01. The molecule has 1 atom stereocenters. The maximum atomic E-state index is 6.19. The van der Waals surface area contributed by atoms with Crippen molar-refractivity contribution >= 4 is 50.7 Å². The van der Waals surface area contributed by atoms with Crippen molar-refractivity contribution in [1.29, 1.82) is 0 Å². The lowest BCUT2D eigenvalue weighted by atomic mass is 10.1. The molecule has 106 valence electrons. The Morgan fingerprint density at radius 3 is 2.50 bits per heavy atom. The van der Waals surface area contributed by atoms with E-state index in [1.54, 1.807) is 12.1 Å². The smallest absolute Gasteiger partial charge is 0.0652 e. The molecular formula is C15H13BrCl3N. The van der Waals surface area contributed by atoms with Crippen molar-refractivity contribution in [1.82, 2.24) is 5.32 Å². The molecule has 1 nitrogen and oxygen atoms in total. The van der Waals surface area contributed by atoms with E-state index >= 15 is 0 Å². The topological polar surface area (TPSA) is 12.0 Å². The van der Waals surface area contributed by atoms with E-state index in [-0.39, 0.29) is 6.04 Å². The summed E-state index contributed by atoms with van der Waals surface area (Å²) in [6.07, 6.45) is 0. The van der Waals surface area contributed by atoms with Gasteiger partial charge in [0.25, 0.3) is 0 Å². The van der Waals surface area contributed by atoms with Gasteiger partial charge < -0.3 is 5.32 Å². The van der Waals surface area contributed by atoms with Crippen LogP contribution in [0.5, 0.6) is 0 Å². The SMILES string of the molecule is C[C@@H](NCc1c(Cl)ccc(Cl)c1Cl)c1cccc(Br)c1. The van der Waals surface area contributed by atoms with E-state index in [4.69, 9.17) is 34.8 Å². The highest BCUT2D eigenvalue weighted by atomic mass is 79.9. The molecule has 0 aliphatic rings. The molecule has 0 heterocycles. The number of rotatable bonds is 4. The molecule has 0 fully saturated rings. The van der Waals surface area contributed by atoms with Gasteiger partial charge in [-0.05, 0) is 36.8 Å². The first-order valence-electron chi connectivity index (χ1n) is 6.10. The van der Waals surface area contributed by atoms with Crippen molar-refractivity contribution in [2.45, 2.75) is 19.5 Å². The van der Waals surface area contributed by atoms with Crippen LogP contribution in [-0.2, 0) is 6.54 Å². The van der Waals surface area contributed by atoms with Crippen LogP contribution in [-0.4, -0.2) is 0 Å². The lowest BCUT2D eigenvalue weighted by molar-refractivity contribution is 0.574. The predicted octanol–water partition coefficient (Wildman–Crippen LogP) is 6.26. The molecule has 0 spiro atoms. The first-order valence-corrected chi connectivity index (χ1v) is 8.03. The Bertz CT molecular complexity index is 616. The zero-order valence-corrected chi connectivity index (χ0v) is 14.6. The molecule has 0 saturated heterocycles. The monoisotopic (exact) mass is 391 g/mol. The van der Waals surface area contributed by atoms with Gasteiger partial charge in [-0.25, -0.2) is 0 Å². The average molecular weight is 394 g/mol. The molecule has 0 bridgehead atoms. The van der Waals surface area contributed by atoms with E-state index < -0.39 is 0 Å². The van der Waals surface area contributed by atoms with Crippen LogP contribution >= 0.6 is 50.7 Å². The van der Waals surface area contributed by atoms with Crippen molar-refractivity contribution in [3.8, 4) is 0 Å². The van der Waals surface area contributed by atoms with Gasteiger partial charge in [0, 0.05) is 27.6 Å². The molecule has 0 amide bonds. The summed E-state index contributed by atoms with van der Waals surface area (Å²) in [5, 5.41) is 5.05. The second-order valence-electron chi connectivity index (χ2n) is 4.48. The van der Waals surface area contributed by atoms with Crippen molar-refractivity contribution in [3.05, 3.63) is 67.1 Å². The standard InChI is InChI=1S/C15H13BrCl3N/c1-9(10-3-2-4-11(16)7-10)20-8-12-13(17)5-6-14(18)15(12)19/h2-7,9,20H,8H2,1H3/t9-/m1/s1. The molecule has 0 radical (unpaired) electrons. The molecule has 1 N–H and O–H groups in total. The Balaban J connectivity index is 2.11. The molecule has 2 aromatic rings. The Labute approximate surface area is 142 Å². The van der Waals surface area contributed by atoms with Gasteiger partial charge in [0.15, 0.2) is 0 Å². The first kappa shape index (κ1) is 16.1. The summed E-state index contributed by atoms with van der Waals surface area (Å²) in [6.45, 7) is 2.65. The van der Waals surface area contributed by atoms with E-state index in [1.807, 2.05) is 12.1 Å². The minimum absolute atomic E-state index is 0.179. The van der Waals surface area contributed by atoms with Gasteiger partial charge >= 0.3 is 0 Å². The minimum atomic E-state index is 0.179. The van der Waals surface area contributed by atoms with E-state index in [9.17, 15) is 0 Å². The second-order valence-corrected chi connectivity index (χ2v) is 6.59. The fourth-order valence-corrected chi connectivity index (χ4v) is 2.98. The highest BCUT2D eigenvalue weighted by Gasteiger charge is 2.11. The van der Waals surface area contributed by atoms with Gasteiger partial charge in [-0.2, -0.15) is 0 Å². The van der Waals surface area contributed by atoms with Gasteiger partial charge in [0.2, 0.25) is 0 Å². The Morgan fingerprint density at radius 1 is 1.10 bits per heavy atom. The minimum Gasteiger partial charge on any atom is -0.306 e. The fourth-order valence-electron chi connectivity index (χ4n) is 1.88. The van der Waals surface area contributed by atoms with Gasteiger partial charge in [-0.15, -0.1) is 0 Å². The summed E-state index contributed by atoms with van der Waals surface area (Å²) in [5.74, 6) is 0. The summed E-state index contributed by atoms with van der Waals surface area (Å²) >= 11 is 21.8. The van der Waals surface area contributed by atoms with Crippen LogP contribution in [0, 0.1) is 0 Å². The summed E-state index contributed by atoms with van der Waals surface area (Å²) in [4.78, 5) is 0. The van der Waals surface area contributed by atoms with Gasteiger partial charge in [-0.3, -0.25) is 0 Å².